The second-order valence-corrected chi connectivity index (χ2v) is 5.00. The molecule has 2 aromatic heterocycles. The molecule has 0 bridgehead atoms. The van der Waals surface area contributed by atoms with Gasteiger partial charge >= 0.3 is 0 Å². The highest BCUT2D eigenvalue weighted by atomic mass is 32.2. The van der Waals surface area contributed by atoms with Crippen LogP contribution in [0.15, 0.2) is 56.7 Å². The molecule has 0 aliphatic carbocycles. The zero-order valence-electron chi connectivity index (χ0n) is 10.3. The summed E-state index contributed by atoms with van der Waals surface area (Å²) in [5.41, 5.74) is 1.43. The topological polar surface area (TPSA) is 75.8 Å². The van der Waals surface area contributed by atoms with Gasteiger partial charge in [0, 0.05) is 4.90 Å². The van der Waals surface area contributed by atoms with Gasteiger partial charge in [-0.05, 0) is 24.3 Å². The number of furan rings is 1. The molecular formula is C14H9N3O2S. The van der Waals surface area contributed by atoms with E-state index in [2.05, 4.69) is 16.2 Å². The summed E-state index contributed by atoms with van der Waals surface area (Å²) in [6.45, 7) is 0. The number of thioether (sulfide) groups is 1. The molecule has 0 N–H and O–H groups in total. The van der Waals surface area contributed by atoms with E-state index >= 15 is 0 Å². The van der Waals surface area contributed by atoms with Crippen molar-refractivity contribution in [1.29, 1.82) is 5.26 Å². The number of nitriles is 1. The average molecular weight is 283 g/mol. The fourth-order valence-electron chi connectivity index (χ4n) is 1.62. The summed E-state index contributed by atoms with van der Waals surface area (Å²) in [4.78, 5) is 5.28. The van der Waals surface area contributed by atoms with Gasteiger partial charge in [-0.3, -0.25) is 0 Å². The lowest BCUT2D eigenvalue weighted by molar-refractivity contribution is 0.391. The molecule has 0 aliphatic heterocycles. The van der Waals surface area contributed by atoms with Gasteiger partial charge < -0.3 is 8.94 Å². The van der Waals surface area contributed by atoms with Crippen molar-refractivity contribution in [3.8, 4) is 17.5 Å². The first-order valence-corrected chi connectivity index (χ1v) is 6.82. The Morgan fingerprint density at radius 2 is 2.25 bits per heavy atom. The minimum absolute atomic E-state index is 0.514. The lowest BCUT2D eigenvalue weighted by Gasteiger charge is -1.98. The lowest BCUT2D eigenvalue weighted by atomic mass is 10.2. The minimum atomic E-state index is 0.514. The third-order valence-electron chi connectivity index (χ3n) is 2.57. The largest absolute Gasteiger partial charge is 0.472 e. The predicted octanol–water partition coefficient (Wildman–Crippen LogP) is 3.49. The number of nitrogens with zero attached hydrogens (tertiary/aromatic N) is 3. The highest BCUT2D eigenvalue weighted by Crippen LogP contribution is 2.24. The van der Waals surface area contributed by atoms with Crippen LogP contribution in [0.3, 0.4) is 0 Å². The van der Waals surface area contributed by atoms with Gasteiger partial charge in [0.05, 0.1) is 29.2 Å². The first-order chi connectivity index (χ1) is 9.85. The van der Waals surface area contributed by atoms with Gasteiger partial charge in [0.1, 0.15) is 6.26 Å². The summed E-state index contributed by atoms with van der Waals surface area (Å²) < 4.78 is 10.2. The molecule has 6 heteroatoms. The number of aromatic nitrogens is 2. The summed E-state index contributed by atoms with van der Waals surface area (Å²) in [5, 5.41) is 12.7. The van der Waals surface area contributed by atoms with E-state index in [-0.39, 0.29) is 0 Å². The molecule has 0 aliphatic rings. The first-order valence-electron chi connectivity index (χ1n) is 5.83. The molecule has 0 spiro atoms. The van der Waals surface area contributed by atoms with E-state index in [9.17, 15) is 0 Å². The van der Waals surface area contributed by atoms with Gasteiger partial charge in [-0.15, -0.1) is 11.8 Å². The zero-order valence-corrected chi connectivity index (χ0v) is 11.1. The Morgan fingerprint density at radius 1 is 1.30 bits per heavy atom. The summed E-state index contributed by atoms with van der Waals surface area (Å²) in [5.74, 6) is 1.61. The van der Waals surface area contributed by atoms with Crippen molar-refractivity contribution in [2.24, 2.45) is 0 Å². The fraction of sp³-hybridized carbons (Fsp3) is 0.0714. The molecule has 3 rings (SSSR count). The standard InChI is InChI=1S/C14H9N3O2S/c15-7-10-2-1-3-12(6-10)20-9-13-16-14(17-19-13)11-4-5-18-8-11/h1-6,8H,9H2. The summed E-state index contributed by atoms with van der Waals surface area (Å²) in [6, 6.07) is 11.3. The molecule has 0 saturated heterocycles. The molecule has 3 aromatic rings. The average Bonchev–Trinajstić information content (AvgIpc) is 3.16. The van der Waals surface area contributed by atoms with Crippen LogP contribution in [-0.2, 0) is 5.75 Å². The number of hydrogen-bond acceptors (Lipinski definition) is 6. The van der Waals surface area contributed by atoms with Crippen molar-refractivity contribution in [1.82, 2.24) is 10.1 Å². The van der Waals surface area contributed by atoms with Crippen molar-refractivity contribution in [2.45, 2.75) is 10.6 Å². The lowest BCUT2D eigenvalue weighted by Crippen LogP contribution is -1.82. The molecule has 2 heterocycles. The summed E-state index contributed by atoms with van der Waals surface area (Å²) in [7, 11) is 0. The highest BCUT2D eigenvalue weighted by Gasteiger charge is 2.09. The Labute approximate surface area is 119 Å². The fourth-order valence-corrected chi connectivity index (χ4v) is 2.42. The van der Waals surface area contributed by atoms with Gasteiger partial charge in [-0.25, -0.2) is 0 Å². The Morgan fingerprint density at radius 3 is 3.05 bits per heavy atom. The van der Waals surface area contributed by atoms with Gasteiger partial charge in [0.15, 0.2) is 0 Å². The molecule has 5 nitrogen and oxygen atoms in total. The van der Waals surface area contributed by atoms with Crippen LogP contribution in [-0.4, -0.2) is 10.1 Å². The van der Waals surface area contributed by atoms with Crippen LogP contribution < -0.4 is 0 Å². The summed E-state index contributed by atoms with van der Waals surface area (Å²) in [6.07, 6.45) is 3.13. The minimum Gasteiger partial charge on any atom is -0.472 e. The molecule has 0 unspecified atom stereocenters. The van der Waals surface area contributed by atoms with Crippen molar-refractivity contribution >= 4 is 11.8 Å². The van der Waals surface area contributed by atoms with Crippen molar-refractivity contribution in [2.75, 3.05) is 0 Å². The molecule has 0 atom stereocenters. The Hall–Kier alpha value is -2.52. The molecule has 98 valence electrons. The molecule has 0 amide bonds. The van der Waals surface area contributed by atoms with Crippen molar-refractivity contribution in [3.05, 3.63) is 54.3 Å². The van der Waals surface area contributed by atoms with Gasteiger partial charge in [0.2, 0.25) is 11.7 Å². The maximum Gasteiger partial charge on any atom is 0.237 e. The molecule has 0 saturated carbocycles. The maximum atomic E-state index is 8.85. The molecule has 0 radical (unpaired) electrons. The normalized spacial score (nSPS) is 10.3. The van der Waals surface area contributed by atoms with E-state index in [0.29, 0.717) is 23.0 Å². The predicted molar refractivity (Wildman–Crippen MR) is 72.7 cm³/mol. The van der Waals surface area contributed by atoms with E-state index in [1.54, 1.807) is 36.4 Å². The molecule has 0 fully saturated rings. The van der Waals surface area contributed by atoms with E-state index in [1.165, 1.54) is 0 Å². The van der Waals surface area contributed by atoms with Gasteiger partial charge in [-0.2, -0.15) is 10.2 Å². The monoisotopic (exact) mass is 283 g/mol. The second kappa shape index (κ2) is 5.63. The van der Waals surface area contributed by atoms with E-state index in [0.717, 1.165) is 10.5 Å². The molecule has 20 heavy (non-hydrogen) atoms. The first kappa shape index (κ1) is 12.5. The summed E-state index contributed by atoms with van der Waals surface area (Å²) >= 11 is 1.54. The SMILES string of the molecule is N#Cc1cccc(SCc2nc(-c3ccoc3)no2)c1. The Balaban J connectivity index is 1.68. The number of benzene rings is 1. The van der Waals surface area contributed by atoms with Crippen LogP contribution in [0.1, 0.15) is 11.5 Å². The van der Waals surface area contributed by atoms with Crippen LogP contribution in [0.4, 0.5) is 0 Å². The van der Waals surface area contributed by atoms with Crippen molar-refractivity contribution in [3.63, 3.8) is 0 Å². The van der Waals surface area contributed by atoms with E-state index < -0.39 is 0 Å². The van der Waals surface area contributed by atoms with Crippen LogP contribution in [0.5, 0.6) is 0 Å². The quantitative estimate of drug-likeness (QED) is 0.682. The van der Waals surface area contributed by atoms with Crippen LogP contribution in [0, 0.1) is 11.3 Å². The molecular weight excluding hydrogens is 274 g/mol. The Kier molecular flexibility index (Phi) is 3.52. The Bertz CT molecular complexity index is 744. The number of rotatable bonds is 4. The number of hydrogen-bond donors (Lipinski definition) is 0. The van der Waals surface area contributed by atoms with Crippen LogP contribution in [0.25, 0.3) is 11.4 Å². The van der Waals surface area contributed by atoms with E-state index in [4.69, 9.17) is 14.2 Å². The molecule has 1 aromatic carbocycles. The van der Waals surface area contributed by atoms with Crippen molar-refractivity contribution < 1.29 is 8.94 Å². The maximum absolute atomic E-state index is 8.85. The zero-order chi connectivity index (χ0) is 13.8. The smallest absolute Gasteiger partial charge is 0.237 e. The second-order valence-electron chi connectivity index (χ2n) is 3.95. The van der Waals surface area contributed by atoms with E-state index in [1.807, 2.05) is 18.2 Å². The third-order valence-corrected chi connectivity index (χ3v) is 3.55. The van der Waals surface area contributed by atoms with Gasteiger partial charge in [-0.1, -0.05) is 11.2 Å². The van der Waals surface area contributed by atoms with Gasteiger partial charge in [0.25, 0.3) is 0 Å². The van der Waals surface area contributed by atoms with Crippen LogP contribution in [0.2, 0.25) is 0 Å². The van der Waals surface area contributed by atoms with Crippen LogP contribution >= 0.6 is 11.8 Å². The highest BCUT2D eigenvalue weighted by molar-refractivity contribution is 7.98. The third kappa shape index (κ3) is 2.73.